The Morgan fingerprint density at radius 1 is 1.27 bits per heavy atom. The van der Waals surface area contributed by atoms with E-state index in [0.717, 1.165) is 19.3 Å². The van der Waals surface area contributed by atoms with Crippen LogP contribution in [0.3, 0.4) is 0 Å². The fourth-order valence-corrected chi connectivity index (χ4v) is 2.70. The third-order valence-corrected chi connectivity index (χ3v) is 4.01. The van der Waals surface area contributed by atoms with Gasteiger partial charge in [-0.15, -0.1) is 0 Å². The molecule has 0 atom stereocenters. The van der Waals surface area contributed by atoms with Gasteiger partial charge in [-0.05, 0) is 59.2 Å². The summed E-state index contributed by atoms with van der Waals surface area (Å²) < 4.78 is 0. The molecule has 22 heavy (non-hydrogen) atoms. The van der Waals surface area contributed by atoms with E-state index in [4.69, 9.17) is 5.73 Å². The summed E-state index contributed by atoms with van der Waals surface area (Å²) in [6.45, 7) is 6.65. The number of rotatable bonds is 4. The largest absolute Gasteiger partial charge is 0.405 e. The molecular formula is C21H27N. The number of nitrogens with two attached hydrogens (primary N) is 1. The Hall–Kier alpha value is -2.02. The molecule has 0 saturated heterocycles. The zero-order chi connectivity index (χ0) is 16.0. The maximum absolute atomic E-state index is 5.58. The third kappa shape index (κ3) is 4.49. The van der Waals surface area contributed by atoms with Gasteiger partial charge in [0, 0.05) is 0 Å². The van der Waals surface area contributed by atoms with Crippen molar-refractivity contribution in [2.24, 2.45) is 11.1 Å². The van der Waals surface area contributed by atoms with Crippen LogP contribution in [0.1, 0.15) is 44.7 Å². The summed E-state index contributed by atoms with van der Waals surface area (Å²) in [4.78, 5) is 0. The average molecular weight is 293 g/mol. The van der Waals surface area contributed by atoms with E-state index in [0.29, 0.717) is 0 Å². The highest BCUT2D eigenvalue weighted by Gasteiger charge is 2.14. The van der Waals surface area contributed by atoms with Crippen LogP contribution >= 0.6 is 0 Å². The highest BCUT2D eigenvalue weighted by molar-refractivity contribution is 5.68. The van der Waals surface area contributed by atoms with Gasteiger partial charge in [-0.1, -0.05) is 69.3 Å². The first-order valence-corrected chi connectivity index (χ1v) is 8.04. The second kappa shape index (κ2) is 7.31. The second-order valence-corrected chi connectivity index (χ2v) is 6.83. The molecule has 0 aromatic heterocycles. The number of hydrogen-bond donors (Lipinski definition) is 1. The topological polar surface area (TPSA) is 26.0 Å². The van der Waals surface area contributed by atoms with E-state index in [1.807, 2.05) is 6.08 Å². The quantitative estimate of drug-likeness (QED) is 0.738. The summed E-state index contributed by atoms with van der Waals surface area (Å²) in [5, 5.41) is 0. The van der Waals surface area contributed by atoms with Crippen molar-refractivity contribution < 1.29 is 0 Å². The van der Waals surface area contributed by atoms with Crippen LogP contribution in [0.2, 0.25) is 0 Å². The van der Waals surface area contributed by atoms with Crippen LogP contribution in [-0.4, -0.2) is 0 Å². The molecule has 0 bridgehead atoms. The monoisotopic (exact) mass is 293 g/mol. The van der Waals surface area contributed by atoms with Gasteiger partial charge in [0.1, 0.15) is 0 Å². The van der Waals surface area contributed by atoms with Crippen LogP contribution in [0.15, 0.2) is 66.4 Å². The normalized spacial score (nSPS) is 16.1. The van der Waals surface area contributed by atoms with E-state index in [1.165, 1.54) is 22.3 Å². The van der Waals surface area contributed by atoms with E-state index in [-0.39, 0.29) is 5.41 Å². The van der Waals surface area contributed by atoms with Crippen molar-refractivity contribution in [3.8, 4) is 0 Å². The molecule has 0 amide bonds. The fourth-order valence-electron chi connectivity index (χ4n) is 2.70. The minimum atomic E-state index is 0.115. The summed E-state index contributed by atoms with van der Waals surface area (Å²) >= 11 is 0. The molecule has 2 rings (SSSR count). The summed E-state index contributed by atoms with van der Waals surface area (Å²) in [5.74, 6) is 0. The van der Waals surface area contributed by atoms with Gasteiger partial charge in [-0.2, -0.15) is 0 Å². The maximum atomic E-state index is 5.58. The van der Waals surface area contributed by atoms with Crippen molar-refractivity contribution in [2.45, 2.75) is 40.0 Å². The van der Waals surface area contributed by atoms with Gasteiger partial charge < -0.3 is 5.73 Å². The minimum Gasteiger partial charge on any atom is -0.405 e. The molecule has 0 spiro atoms. The Kier molecular flexibility index (Phi) is 5.43. The van der Waals surface area contributed by atoms with Gasteiger partial charge in [0.15, 0.2) is 0 Å². The van der Waals surface area contributed by atoms with Gasteiger partial charge in [-0.3, -0.25) is 0 Å². The summed E-state index contributed by atoms with van der Waals surface area (Å²) in [6, 6.07) is 8.88. The van der Waals surface area contributed by atoms with Crippen LogP contribution < -0.4 is 5.73 Å². The summed E-state index contributed by atoms with van der Waals surface area (Å²) in [7, 11) is 0. The Morgan fingerprint density at radius 3 is 2.73 bits per heavy atom. The van der Waals surface area contributed by atoms with Gasteiger partial charge in [0.2, 0.25) is 0 Å². The van der Waals surface area contributed by atoms with Crippen molar-refractivity contribution in [3.63, 3.8) is 0 Å². The lowest BCUT2D eigenvalue weighted by Gasteiger charge is -2.20. The molecule has 0 radical (unpaired) electrons. The third-order valence-electron chi connectivity index (χ3n) is 4.01. The predicted molar refractivity (Wildman–Crippen MR) is 97.4 cm³/mol. The first kappa shape index (κ1) is 16.4. The summed E-state index contributed by atoms with van der Waals surface area (Å²) in [5.41, 5.74) is 11.1. The van der Waals surface area contributed by atoms with Crippen molar-refractivity contribution in [2.75, 3.05) is 0 Å². The number of hydrogen-bond acceptors (Lipinski definition) is 1. The van der Waals surface area contributed by atoms with Gasteiger partial charge in [-0.25, -0.2) is 0 Å². The molecular weight excluding hydrogens is 266 g/mol. The molecule has 0 saturated carbocycles. The first-order valence-electron chi connectivity index (χ1n) is 8.04. The standard InChI is InChI=1S/C21H27N/c1-21(2,3)20(14-15-22)13-12-17-8-7-11-19(16-17)18-9-5-4-6-10-18/h4-5,7-9,11,13-16H,6,10,12,22H2,1-3H3/b15-14-,20-13+. The highest BCUT2D eigenvalue weighted by atomic mass is 14.5. The van der Waals surface area contributed by atoms with Crippen molar-refractivity contribution >= 4 is 5.57 Å². The highest BCUT2D eigenvalue weighted by Crippen LogP contribution is 2.27. The average Bonchev–Trinajstić information content (AvgIpc) is 2.51. The molecule has 1 aromatic rings. The fraction of sp³-hybridized carbons (Fsp3) is 0.333. The van der Waals surface area contributed by atoms with E-state index >= 15 is 0 Å². The zero-order valence-corrected chi connectivity index (χ0v) is 14.0. The molecule has 0 aliphatic heterocycles. The molecule has 116 valence electrons. The van der Waals surface area contributed by atoms with Crippen molar-refractivity contribution in [1.82, 2.24) is 0 Å². The van der Waals surface area contributed by atoms with Gasteiger partial charge in [0.05, 0.1) is 0 Å². The van der Waals surface area contributed by atoms with E-state index in [2.05, 4.69) is 69.3 Å². The smallest absolute Gasteiger partial charge is 0.00595 e. The number of benzene rings is 1. The van der Waals surface area contributed by atoms with Gasteiger partial charge >= 0.3 is 0 Å². The van der Waals surface area contributed by atoms with E-state index < -0.39 is 0 Å². The Bertz CT molecular complexity index is 622. The molecule has 2 N–H and O–H groups in total. The zero-order valence-electron chi connectivity index (χ0n) is 14.0. The minimum absolute atomic E-state index is 0.115. The summed E-state index contributed by atoms with van der Waals surface area (Å²) in [6.07, 6.45) is 15.8. The molecule has 0 unspecified atom stereocenters. The van der Waals surface area contributed by atoms with Crippen LogP contribution in [0, 0.1) is 5.41 Å². The van der Waals surface area contributed by atoms with Crippen LogP contribution in [0.4, 0.5) is 0 Å². The molecule has 1 aromatic carbocycles. The Morgan fingerprint density at radius 2 is 2.09 bits per heavy atom. The Balaban J connectivity index is 2.20. The van der Waals surface area contributed by atoms with Crippen LogP contribution in [-0.2, 0) is 6.42 Å². The lowest BCUT2D eigenvalue weighted by atomic mass is 9.85. The van der Waals surface area contributed by atoms with E-state index in [9.17, 15) is 0 Å². The van der Waals surface area contributed by atoms with Crippen molar-refractivity contribution in [1.29, 1.82) is 0 Å². The van der Waals surface area contributed by atoms with Crippen LogP contribution in [0.25, 0.3) is 5.57 Å². The SMILES string of the molecule is CC(C)(C)C(/C=C\N)=C/Cc1cccc(C2=CC=CCC2)c1. The number of allylic oxidation sites excluding steroid dienone is 7. The second-order valence-electron chi connectivity index (χ2n) is 6.83. The van der Waals surface area contributed by atoms with Crippen molar-refractivity contribution in [3.05, 3.63) is 77.5 Å². The Labute approximate surface area is 134 Å². The van der Waals surface area contributed by atoms with Crippen LogP contribution in [0.5, 0.6) is 0 Å². The van der Waals surface area contributed by atoms with Gasteiger partial charge in [0.25, 0.3) is 0 Å². The van der Waals surface area contributed by atoms with E-state index in [1.54, 1.807) is 6.20 Å². The maximum Gasteiger partial charge on any atom is -0.00595 e. The predicted octanol–water partition coefficient (Wildman–Crippen LogP) is 5.41. The molecule has 0 fully saturated rings. The molecule has 1 aliphatic rings. The first-order chi connectivity index (χ1) is 10.5. The lowest BCUT2D eigenvalue weighted by Crippen LogP contribution is -2.08. The lowest BCUT2D eigenvalue weighted by molar-refractivity contribution is 0.515. The molecule has 0 heterocycles. The molecule has 1 heteroatoms. The molecule has 1 nitrogen and oxygen atoms in total. The molecule has 1 aliphatic carbocycles.